The van der Waals surface area contributed by atoms with Crippen molar-refractivity contribution in [3.8, 4) is 0 Å². The van der Waals surface area contributed by atoms with Gasteiger partial charge in [0, 0.05) is 24.5 Å². The smallest absolute Gasteiger partial charge is 0.264 e. The van der Waals surface area contributed by atoms with E-state index in [-0.39, 0.29) is 35.4 Å². The van der Waals surface area contributed by atoms with Crippen LogP contribution in [0.1, 0.15) is 30.5 Å². The second kappa shape index (κ2) is 15.2. The molecule has 4 aromatic carbocycles. The molecule has 0 heterocycles. The van der Waals surface area contributed by atoms with Crippen LogP contribution < -0.4 is 9.62 Å². The SMILES string of the molecule is Cc1ccc(S(=O)(=O)N(CC(=O)N(Cc2ccccc2Cl)[C@H](Cc2ccccc2)C(=O)NCC(C)C)c2ccc(F)cc2)cc1. The molecule has 0 unspecified atom stereocenters. The monoisotopic (exact) mass is 649 g/mol. The minimum absolute atomic E-state index is 0.0293. The van der Waals surface area contributed by atoms with E-state index in [0.717, 1.165) is 27.6 Å². The summed E-state index contributed by atoms with van der Waals surface area (Å²) in [5.74, 6) is -1.39. The fourth-order valence-electron chi connectivity index (χ4n) is 4.76. The Bertz CT molecular complexity index is 1700. The molecule has 0 saturated heterocycles. The van der Waals surface area contributed by atoms with Crippen LogP contribution in [0.3, 0.4) is 0 Å². The Morgan fingerprint density at radius 1 is 0.867 bits per heavy atom. The van der Waals surface area contributed by atoms with Gasteiger partial charge in [-0.1, -0.05) is 91.7 Å². The average Bonchev–Trinajstić information content (AvgIpc) is 3.02. The lowest BCUT2D eigenvalue weighted by Gasteiger charge is -2.34. The summed E-state index contributed by atoms with van der Waals surface area (Å²) in [7, 11) is -4.28. The Morgan fingerprint density at radius 3 is 2.11 bits per heavy atom. The van der Waals surface area contributed by atoms with Gasteiger partial charge >= 0.3 is 0 Å². The van der Waals surface area contributed by atoms with Crippen LogP contribution in [0.15, 0.2) is 108 Å². The molecule has 0 fully saturated rings. The van der Waals surface area contributed by atoms with Crippen LogP contribution in [0.4, 0.5) is 10.1 Å². The number of aryl methyl sites for hydroxylation is 1. The van der Waals surface area contributed by atoms with Gasteiger partial charge < -0.3 is 10.2 Å². The molecule has 10 heteroatoms. The predicted octanol–water partition coefficient (Wildman–Crippen LogP) is 6.40. The van der Waals surface area contributed by atoms with Gasteiger partial charge in [-0.25, -0.2) is 12.8 Å². The Hall–Kier alpha value is -4.21. The van der Waals surface area contributed by atoms with Gasteiger partial charge in [0.05, 0.1) is 10.6 Å². The van der Waals surface area contributed by atoms with Crippen molar-refractivity contribution in [3.63, 3.8) is 0 Å². The maximum Gasteiger partial charge on any atom is 0.264 e. The van der Waals surface area contributed by atoms with Crippen LogP contribution in [0.25, 0.3) is 0 Å². The molecule has 0 aliphatic carbocycles. The number of nitrogens with zero attached hydrogens (tertiary/aromatic N) is 2. The number of sulfonamides is 1. The third-order valence-electron chi connectivity index (χ3n) is 7.26. The van der Waals surface area contributed by atoms with E-state index in [0.29, 0.717) is 17.1 Å². The van der Waals surface area contributed by atoms with E-state index in [2.05, 4.69) is 5.32 Å². The lowest BCUT2D eigenvalue weighted by molar-refractivity contribution is -0.140. The van der Waals surface area contributed by atoms with Crippen molar-refractivity contribution in [1.82, 2.24) is 10.2 Å². The zero-order valence-corrected chi connectivity index (χ0v) is 27.1. The molecule has 45 heavy (non-hydrogen) atoms. The molecule has 0 aliphatic heterocycles. The summed E-state index contributed by atoms with van der Waals surface area (Å²) in [5, 5.41) is 3.35. The number of hydrogen-bond donors (Lipinski definition) is 1. The Balaban J connectivity index is 1.80. The summed E-state index contributed by atoms with van der Waals surface area (Å²) in [6.07, 6.45) is 0.183. The number of anilines is 1. The van der Waals surface area contributed by atoms with Crippen molar-refractivity contribution < 1.29 is 22.4 Å². The maximum atomic E-state index is 14.4. The van der Waals surface area contributed by atoms with E-state index in [1.807, 2.05) is 51.1 Å². The first kappa shape index (κ1) is 33.7. The molecule has 2 amide bonds. The van der Waals surface area contributed by atoms with Crippen LogP contribution >= 0.6 is 11.6 Å². The number of nitrogens with one attached hydrogen (secondary N) is 1. The van der Waals surface area contributed by atoms with Crippen molar-refractivity contribution in [1.29, 1.82) is 0 Å². The fourth-order valence-corrected chi connectivity index (χ4v) is 6.37. The number of halogens is 2. The summed E-state index contributed by atoms with van der Waals surface area (Å²) in [6.45, 7) is 5.47. The largest absolute Gasteiger partial charge is 0.354 e. The summed E-state index contributed by atoms with van der Waals surface area (Å²) >= 11 is 6.52. The van der Waals surface area contributed by atoms with Crippen molar-refractivity contribution in [2.75, 3.05) is 17.4 Å². The summed E-state index contributed by atoms with van der Waals surface area (Å²) < 4.78 is 42.9. The molecule has 7 nitrogen and oxygen atoms in total. The third kappa shape index (κ3) is 8.93. The molecule has 0 bridgehead atoms. The van der Waals surface area contributed by atoms with Crippen LogP contribution in [-0.2, 0) is 32.6 Å². The summed E-state index contributed by atoms with van der Waals surface area (Å²) in [4.78, 5) is 29.6. The fraction of sp³-hybridized carbons (Fsp3) is 0.257. The first-order valence-corrected chi connectivity index (χ1v) is 16.5. The molecule has 236 valence electrons. The van der Waals surface area contributed by atoms with Crippen LogP contribution in [0, 0.1) is 18.7 Å². The lowest BCUT2D eigenvalue weighted by atomic mass is 10.0. The molecular formula is C35H37ClFN3O4S. The van der Waals surface area contributed by atoms with Gasteiger partial charge in [0.1, 0.15) is 18.4 Å². The normalized spacial score (nSPS) is 12.0. The highest BCUT2D eigenvalue weighted by Crippen LogP contribution is 2.26. The molecule has 4 rings (SSSR count). The Kier molecular flexibility index (Phi) is 11.4. The molecule has 0 aliphatic rings. The standard InChI is InChI=1S/C35H37ClFN3O4S/c1-25(2)22-38-35(42)33(21-27-9-5-4-6-10-27)39(23-28-11-7-8-12-32(28)36)34(41)24-40(30-17-15-29(37)16-18-30)45(43,44)31-19-13-26(3)14-20-31/h4-20,25,33H,21-24H2,1-3H3,(H,38,42)/t33-/m1/s1. The van der Waals surface area contributed by atoms with E-state index in [4.69, 9.17) is 11.6 Å². The highest BCUT2D eigenvalue weighted by molar-refractivity contribution is 7.92. The second-order valence-electron chi connectivity index (χ2n) is 11.3. The lowest BCUT2D eigenvalue weighted by Crippen LogP contribution is -2.53. The highest BCUT2D eigenvalue weighted by Gasteiger charge is 2.35. The van der Waals surface area contributed by atoms with E-state index >= 15 is 0 Å². The maximum absolute atomic E-state index is 14.4. The molecular weight excluding hydrogens is 613 g/mol. The molecule has 4 aromatic rings. The quantitative estimate of drug-likeness (QED) is 0.182. The number of hydrogen-bond acceptors (Lipinski definition) is 4. The van der Waals surface area contributed by atoms with E-state index < -0.39 is 34.3 Å². The van der Waals surface area contributed by atoms with Crippen molar-refractivity contribution in [3.05, 3.63) is 131 Å². The molecule has 1 atom stereocenters. The van der Waals surface area contributed by atoms with Crippen LogP contribution in [0.5, 0.6) is 0 Å². The minimum Gasteiger partial charge on any atom is -0.354 e. The second-order valence-corrected chi connectivity index (χ2v) is 13.5. The first-order chi connectivity index (χ1) is 21.5. The summed E-state index contributed by atoms with van der Waals surface area (Å²) in [5.41, 5.74) is 2.38. The van der Waals surface area contributed by atoms with Gasteiger partial charge in [0.2, 0.25) is 11.8 Å². The summed E-state index contributed by atoms with van der Waals surface area (Å²) in [6, 6.07) is 26.4. The van der Waals surface area contributed by atoms with Crippen molar-refractivity contribution in [2.45, 2.75) is 44.7 Å². The molecule has 0 spiro atoms. The molecule has 0 saturated carbocycles. The van der Waals surface area contributed by atoms with Gasteiger partial charge in [-0.05, 0) is 66.4 Å². The van der Waals surface area contributed by atoms with E-state index in [1.54, 1.807) is 36.4 Å². The number of carbonyl (C=O) groups is 2. The average molecular weight is 650 g/mol. The zero-order chi connectivity index (χ0) is 32.6. The topological polar surface area (TPSA) is 86.8 Å². The molecule has 1 N–H and O–H groups in total. The van der Waals surface area contributed by atoms with Gasteiger partial charge in [0.15, 0.2) is 0 Å². The van der Waals surface area contributed by atoms with Gasteiger partial charge in [-0.15, -0.1) is 0 Å². The van der Waals surface area contributed by atoms with Crippen molar-refractivity contribution >= 4 is 39.1 Å². The number of carbonyl (C=O) groups excluding carboxylic acids is 2. The van der Waals surface area contributed by atoms with Gasteiger partial charge in [-0.2, -0.15) is 0 Å². The molecule has 0 radical (unpaired) electrons. The number of amides is 2. The first-order valence-electron chi connectivity index (χ1n) is 14.6. The van der Waals surface area contributed by atoms with E-state index in [9.17, 15) is 22.4 Å². The Labute approximate surface area is 269 Å². The minimum atomic E-state index is -4.28. The van der Waals surface area contributed by atoms with Crippen LogP contribution in [0.2, 0.25) is 5.02 Å². The number of benzene rings is 4. The van der Waals surface area contributed by atoms with Crippen molar-refractivity contribution in [2.24, 2.45) is 5.92 Å². The van der Waals surface area contributed by atoms with E-state index in [1.165, 1.54) is 29.2 Å². The highest BCUT2D eigenvalue weighted by atomic mass is 35.5. The van der Waals surface area contributed by atoms with Gasteiger partial charge in [0.25, 0.3) is 10.0 Å². The third-order valence-corrected chi connectivity index (χ3v) is 9.41. The zero-order valence-electron chi connectivity index (χ0n) is 25.5. The van der Waals surface area contributed by atoms with Crippen LogP contribution in [-0.4, -0.2) is 44.3 Å². The molecule has 0 aromatic heterocycles. The number of rotatable bonds is 13. The Morgan fingerprint density at radius 2 is 1.49 bits per heavy atom. The predicted molar refractivity (Wildman–Crippen MR) is 176 cm³/mol. The van der Waals surface area contributed by atoms with Gasteiger partial charge in [-0.3, -0.25) is 13.9 Å².